The molecule has 2 unspecified atom stereocenters. The van der Waals surface area contributed by atoms with Gasteiger partial charge in [-0.25, -0.2) is 0 Å². The van der Waals surface area contributed by atoms with E-state index in [-0.39, 0.29) is 23.8 Å². The Bertz CT molecular complexity index is 315. The molecule has 1 fully saturated rings. The number of rotatable bonds is 6. The van der Waals surface area contributed by atoms with Gasteiger partial charge in [0.25, 0.3) is 0 Å². The van der Waals surface area contributed by atoms with Crippen LogP contribution in [0, 0.1) is 5.92 Å². The maximum absolute atomic E-state index is 12.0. The van der Waals surface area contributed by atoms with Crippen molar-refractivity contribution in [2.45, 2.75) is 65.5 Å². The quantitative estimate of drug-likeness (QED) is 0.801. The molecule has 0 saturated carbocycles. The molecule has 0 spiro atoms. The van der Waals surface area contributed by atoms with Crippen LogP contribution in [-0.4, -0.2) is 41.8 Å². The first-order valence-electron chi connectivity index (χ1n) is 7.43. The van der Waals surface area contributed by atoms with E-state index in [1.165, 1.54) is 6.42 Å². The van der Waals surface area contributed by atoms with Crippen molar-refractivity contribution >= 4 is 11.7 Å². The van der Waals surface area contributed by atoms with Gasteiger partial charge in [0.1, 0.15) is 5.78 Å². The van der Waals surface area contributed by atoms with E-state index < -0.39 is 0 Å². The fraction of sp³-hybridized carbons (Fsp3) is 0.867. The second kappa shape index (κ2) is 7.63. The predicted octanol–water partition coefficient (Wildman–Crippen LogP) is 1.98. The molecule has 0 radical (unpaired) electrons. The van der Waals surface area contributed by atoms with Gasteiger partial charge < -0.3 is 5.32 Å². The highest BCUT2D eigenvalue weighted by atomic mass is 16.2. The Morgan fingerprint density at radius 1 is 1.26 bits per heavy atom. The van der Waals surface area contributed by atoms with Gasteiger partial charge in [0.05, 0.1) is 6.54 Å². The average molecular weight is 268 g/mol. The van der Waals surface area contributed by atoms with Crippen LogP contribution >= 0.6 is 0 Å². The Morgan fingerprint density at radius 2 is 1.95 bits per heavy atom. The highest BCUT2D eigenvalue weighted by Crippen LogP contribution is 2.19. The zero-order valence-corrected chi connectivity index (χ0v) is 12.7. The van der Waals surface area contributed by atoms with Crippen LogP contribution < -0.4 is 5.32 Å². The summed E-state index contributed by atoms with van der Waals surface area (Å²) in [4.78, 5) is 25.5. The minimum Gasteiger partial charge on any atom is -0.352 e. The highest BCUT2D eigenvalue weighted by molar-refractivity contribution is 5.79. The second-order valence-electron chi connectivity index (χ2n) is 6.13. The maximum atomic E-state index is 12.0. The van der Waals surface area contributed by atoms with Crippen LogP contribution in [0.15, 0.2) is 0 Å². The first kappa shape index (κ1) is 16.2. The molecule has 1 aliphatic heterocycles. The van der Waals surface area contributed by atoms with Gasteiger partial charge in [0, 0.05) is 18.5 Å². The number of nitrogens with zero attached hydrogens (tertiary/aromatic N) is 1. The van der Waals surface area contributed by atoms with E-state index in [2.05, 4.69) is 24.1 Å². The summed E-state index contributed by atoms with van der Waals surface area (Å²) in [5.41, 5.74) is 0. The number of ketones is 1. The van der Waals surface area contributed by atoms with Crippen molar-refractivity contribution in [1.29, 1.82) is 0 Å². The van der Waals surface area contributed by atoms with Crippen LogP contribution in [-0.2, 0) is 9.59 Å². The van der Waals surface area contributed by atoms with E-state index in [4.69, 9.17) is 0 Å². The molecule has 1 saturated heterocycles. The van der Waals surface area contributed by atoms with Gasteiger partial charge in [-0.15, -0.1) is 0 Å². The first-order valence-corrected chi connectivity index (χ1v) is 7.43. The average Bonchev–Trinajstić information content (AvgIpc) is 2.30. The monoisotopic (exact) mass is 268 g/mol. The minimum absolute atomic E-state index is 0.0802. The van der Waals surface area contributed by atoms with Gasteiger partial charge in [-0.05, 0) is 39.2 Å². The van der Waals surface area contributed by atoms with Crippen molar-refractivity contribution in [2.24, 2.45) is 5.92 Å². The summed E-state index contributed by atoms with van der Waals surface area (Å²) >= 11 is 0. The van der Waals surface area contributed by atoms with E-state index in [1.54, 1.807) is 6.92 Å². The van der Waals surface area contributed by atoms with E-state index in [0.717, 1.165) is 19.4 Å². The molecule has 1 N–H and O–H groups in total. The molecule has 2 atom stereocenters. The molecule has 0 aromatic rings. The summed E-state index contributed by atoms with van der Waals surface area (Å²) in [6.45, 7) is 9.23. The Balaban J connectivity index is 2.47. The molecule has 1 heterocycles. The molecule has 0 aromatic heterocycles. The zero-order valence-electron chi connectivity index (χ0n) is 12.7. The number of carbonyl (C=O) groups excluding carboxylic acids is 2. The molecule has 4 heteroatoms. The molecule has 0 aliphatic carbocycles. The molecule has 1 aliphatic rings. The number of piperidine rings is 1. The molecular formula is C15H28N2O2. The van der Waals surface area contributed by atoms with E-state index in [0.29, 0.717) is 18.9 Å². The number of hydrogen-bond acceptors (Lipinski definition) is 3. The fourth-order valence-corrected chi connectivity index (χ4v) is 2.48. The first-order chi connectivity index (χ1) is 8.90. The summed E-state index contributed by atoms with van der Waals surface area (Å²) in [6.07, 6.45) is 3.90. The van der Waals surface area contributed by atoms with Gasteiger partial charge in [-0.1, -0.05) is 20.3 Å². The Morgan fingerprint density at radius 3 is 2.53 bits per heavy atom. The topological polar surface area (TPSA) is 49.4 Å². The molecule has 4 nitrogen and oxygen atoms in total. The SMILES string of the molecule is CC(=O)CC1CCCCN1CC(=O)NC(C)C(C)C. The highest BCUT2D eigenvalue weighted by Gasteiger charge is 2.25. The van der Waals surface area contributed by atoms with Crippen LogP contribution in [0.1, 0.15) is 53.4 Å². The number of likely N-dealkylation sites (tertiary alicyclic amines) is 1. The van der Waals surface area contributed by atoms with Crippen LogP contribution in [0.3, 0.4) is 0 Å². The van der Waals surface area contributed by atoms with Crippen molar-refractivity contribution in [3.05, 3.63) is 0 Å². The lowest BCUT2D eigenvalue weighted by atomic mass is 9.98. The Kier molecular flexibility index (Phi) is 6.49. The largest absolute Gasteiger partial charge is 0.352 e. The van der Waals surface area contributed by atoms with Gasteiger partial charge in [-0.3, -0.25) is 14.5 Å². The van der Waals surface area contributed by atoms with Gasteiger partial charge in [0.15, 0.2) is 0 Å². The van der Waals surface area contributed by atoms with Crippen molar-refractivity contribution in [2.75, 3.05) is 13.1 Å². The Labute approximate surface area is 116 Å². The maximum Gasteiger partial charge on any atom is 0.234 e. The summed E-state index contributed by atoms with van der Waals surface area (Å²) < 4.78 is 0. The number of nitrogens with one attached hydrogen (secondary N) is 1. The van der Waals surface area contributed by atoms with E-state index >= 15 is 0 Å². The number of amides is 1. The minimum atomic E-state index is 0.0802. The fourth-order valence-electron chi connectivity index (χ4n) is 2.48. The molecular weight excluding hydrogens is 240 g/mol. The number of hydrogen-bond donors (Lipinski definition) is 1. The lowest BCUT2D eigenvalue weighted by Crippen LogP contribution is -2.48. The zero-order chi connectivity index (χ0) is 14.4. The van der Waals surface area contributed by atoms with Crippen molar-refractivity contribution < 1.29 is 9.59 Å². The van der Waals surface area contributed by atoms with Crippen LogP contribution in [0.4, 0.5) is 0 Å². The molecule has 1 rings (SSSR count). The lowest BCUT2D eigenvalue weighted by Gasteiger charge is -2.35. The van der Waals surface area contributed by atoms with Crippen LogP contribution in [0.5, 0.6) is 0 Å². The van der Waals surface area contributed by atoms with Gasteiger partial charge in [-0.2, -0.15) is 0 Å². The summed E-state index contributed by atoms with van der Waals surface area (Å²) in [5.74, 6) is 0.739. The predicted molar refractivity (Wildman–Crippen MR) is 77.0 cm³/mol. The number of Topliss-reactive ketones (excluding diaryl/α,β-unsaturated/α-hetero) is 1. The third-order valence-corrected chi connectivity index (χ3v) is 4.01. The second-order valence-corrected chi connectivity index (χ2v) is 6.13. The van der Waals surface area contributed by atoms with Gasteiger partial charge in [0.2, 0.25) is 5.91 Å². The summed E-state index contributed by atoms with van der Waals surface area (Å²) in [7, 11) is 0. The van der Waals surface area contributed by atoms with E-state index in [9.17, 15) is 9.59 Å². The molecule has 0 aromatic carbocycles. The normalized spacial score (nSPS) is 22.3. The van der Waals surface area contributed by atoms with Crippen LogP contribution in [0.2, 0.25) is 0 Å². The van der Waals surface area contributed by atoms with Crippen molar-refractivity contribution in [3.63, 3.8) is 0 Å². The lowest BCUT2D eigenvalue weighted by molar-refractivity contribution is -0.125. The molecule has 19 heavy (non-hydrogen) atoms. The van der Waals surface area contributed by atoms with Crippen LogP contribution in [0.25, 0.3) is 0 Å². The number of carbonyl (C=O) groups is 2. The summed E-state index contributed by atoms with van der Waals surface area (Å²) in [6, 6.07) is 0.454. The molecule has 110 valence electrons. The van der Waals surface area contributed by atoms with E-state index in [1.807, 2.05) is 6.92 Å². The smallest absolute Gasteiger partial charge is 0.234 e. The third kappa shape index (κ3) is 5.72. The van der Waals surface area contributed by atoms with Crippen molar-refractivity contribution in [3.8, 4) is 0 Å². The standard InChI is InChI=1S/C15H28N2O2/c1-11(2)13(4)16-15(19)10-17-8-6-5-7-14(17)9-12(3)18/h11,13-14H,5-10H2,1-4H3,(H,16,19). The molecule has 1 amide bonds. The summed E-state index contributed by atoms with van der Waals surface area (Å²) in [5, 5.41) is 3.03. The molecule has 0 bridgehead atoms. The van der Waals surface area contributed by atoms with Crippen molar-refractivity contribution in [1.82, 2.24) is 10.2 Å². The third-order valence-electron chi connectivity index (χ3n) is 4.01. The van der Waals surface area contributed by atoms with Gasteiger partial charge >= 0.3 is 0 Å². The Hall–Kier alpha value is -0.900.